The van der Waals surface area contributed by atoms with Crippen LogP contribution in [0.5, 0.6) is 11.5 Å². The van der Waals surface area contributed by atoms with E-state index in [1.54, 1.807) is 14.2 Å². The van der Waals surface area contributed by atoms with Crippen molar-refractivity contribution >= 4 is 0 Å². The van der Waals surface area contributed by atoms with Crippen LogP contribution in [0, 0.1) is 0 Å². The fraction of sp³-hybridized carbons (Fsp3) is 0.625. The van der Waals surface area contributed by atoms with Crippen molar-refractivity contribution in [1.29, 1.82) is 0 Å². The maximum absolute atomic E-state index is 5.44. The summed E-state index contributed by atoms with van der Waals surface area (Å²) < 4.78 is 10.7. The van der Waals surface area contributed by atoms with Crippen LogP contribution in [0.3, 0.4) is 0 Å². The van der Waals surface area contributed by atoms with Crippen LogP contribution in [-0.2, 0) is 6.54 Å². The smallest absolute Gasteiger partial charge is 0.127 e. The third kappa shape index (κ3) is 3.44. The molecule has 1 heterocycles. The molecule has 0 aliphatic carbocycles. The summed E-state index contributed by atoms with van der Waals surface area (Å²) in [4.78, 5) is 0. The van der Waals surface area contributed by atoms with Gasteiger partial charge in [-0.15, -0.1) is 0 Å². The minimum atomic E-state index is 0.586. The van der Waals surface area contributed by atoms with Crippen LogP contribution in [0.2, 0.25) is 0 Å². The highest BCUT2D eigenvalue weighted by molar-refractivity contribution is 5.40. The fourth-order valence-electron chi connectivity index (χ4n) is 2.91. The number of nitrogens with one attached hydrogen (secondary N) is 1. The van der Waals surface area contributed by atoms with Gasteiger partial charge in [-0.25, -0.2) is 5.01 Å². The number of hydrazine groups is 1. The second-order valence-corrected chi connectivity index (χ2v) is 5.55. The van der Waals surface area contributed by atoms with E-state index in [0.29, 0.717) is 12.1 Å². The van der Waals surface area contributed by atoms with Crippen LogP contribution >= 0.6 is 0 Å². The van der Waals surface area contributed by atoms with Gasteiger partial charge in [0.2, 0.25) is 0 Å². The fourth-order valence-corrected chi connectivity index (χ4v) is 2.91. The van der Waals surface area contributed by atoms with Crippen LogP contribution in [0.15, 0.2) is 18.2 Å². The van der Waals surface area contributed by atoms with Crippen molar-refractivity contribution in [2.24, 2.45) is 0 Å². The average molecular weight is 278 g/mol. The average Bonchev–Trinajstić information content (AvgIpc) is 2.46. The summed E-state index contributed by atoms with van der Waals surface area (Å²) in [6.07, 6.45) is 3.85. The summed E-state index contributed by atoms with van der Waals surface area (Å²) in [5, 5.41) is 2.38. The molecule has 2 unspecified atom stereocenters. The first kappa shape index (κ1) is 15.1. The van der Waals surface area contributed by atoms with Crippen LogP contribution in [0.25, 0.3) is 0 Å². The number of methoxy groups -OCH3 is 2. The Labute approximate surface area is 122 Å². The molecule has 1 aromatic carbocycles. The van der Waals surface area contributed by atoms with E-state index in [-0.39, 0.29) is 0 Å². The summed E-state index contributed by atoms with van der Waals surface area (Å²) in [5.74, 6) is 1.69. The third-order valence-electron chi connectivity index (χ3n) is 4.14. The molecule has 20 heavy (non-hydrogen) atoms. The van der Waals surface area contributed by atoms with Crippen LogP contribution in [0.1, 0.15) is 38.7 Å². The predicted molar refractivity (Wildman–Crippen MR) is 81.0 cm³/mol. The molecule has 0 saturated carbocycles. The summed E-state index contributed by atoms with van der Waals surface area (Å²) in [5.41, 5.74) is 4.71. The van der Waals surface area contributed by atoms with Crippen LogP contribution < -0.4 is 14.9 Å². The number of ether oxygens (including phenoxy) is 2. The highest BCUT2D eigenvalue weighted by Gasteiger charge is 2.24. The molecule has 0 radical (unpaired) electrons. The monoisotopic (exact) mass is 278 g/mol. The zero-order valence-corrected chi connectivity index (χ0v) is 13.0. The summed E-state index contributed by atoms with van der Waals surface area (Å²) in [7, 11) is 3.37. The van der Waals surface area contributed by atoms with Gasteiger partial charge in [0, 0.05) is 30.3 Å². The second-order valence-electron chi connectivity index (χ2n) is 5.55. The topological polar surface area (TPSA) is 33.7 Å². The summed E-state index contributed by atoms with van der Waals surface area (Å²) in [6.45, 7) is 5.35. The van der Waals surface area contributed by atoms with Gasteiger partial charge in [0.15, 0.2) is 0 Å². The molecule has 0 spiro atoms. The molecule has 4 heteroatoms. The van der Waals surface area contributed by atoms with Crippen LogP contribution in [0.4, 0.5) is 0 Å². The third-order valence-corrected chi connectivity index (χ3v) is 4.14. The summed E-state index contributed by atoms with van der Waals surface area (Å²) in [6, 6.07) is 7.14. The van der Waals surface area contributed by atoms with Crippen molar-refractivity contribution in [3.05, 3.63) is 23.8 Å². The van der Waals surface area contributed by atoms with Gasteiger partial charge < -0.3 is 9.47 Å². The van der Waals surface area contributed by atoms with Crippen molar-refractivity contribution in [2.45, 2.75) is 51.7 Å². The first-order valence-electron chi connectivity index (χ1n) is 7.38. The first-order chi connectivity index (χ1) is 9.65. The molecular formula is C16H26N2O2. The van der Waals surface area contributed by atoms with Crippen molar-refractivity contribution in [3.63, 3.8) is 0 Å². The molecule has 1 saturated heterocycles. The molecule has 2 atom stereocenters. The Kier molecular flexibility index (Phi) is 5.26. The van der Waals surface area contributed by atoms with Gasteiger partial charge in [-0.1, -0.05) is 12.5 Å². The lowest BCUT2D eigenvalue weighted by Gasteiger charge is -2.39. The Morgan fingerprint density at radius 1 is 1.15 bits per heavy atom. The lowest BCUT2D eigenvalue weighted by molar-refractivity contribution is 0.0433. The number of piperidine rings is 1. The Balaban J connectivity index is 2.02. The maximum Gasteiger partial charge on any atom is 0.127 e. The minimum Gasteiger partial charge on any atom is -0.497 e. The molecule has 112 valence electrons. The molecular weight excluding hydrogens is 252 g/mol. The molecule has 1 aliphatic rings. The Bertz CT molecular complexity index is 426. The van der Waals surface area contributed by atoms with Gasteiger partial charge in [0.25, 0.3) is 0 Å². The van der Waals surface area contributed by atoms with E-state index < -0.39 is 0 Å². The number of benzene rings is 1. The van der Waals surface area contributed by atoms with Gasteiger partial charge >= 0.3 is 0 Å². The quantitative estimate of drug-likeness (QED) is 0.898. The lowest BCUT2D eigenvalue weighted by Crippen LogP contribution is -2.51. The number of nitrogens with zero attached hydrogens (tertiary/aromatic N) is 1. The van der Waals surface area contributed by atoms with Crippen LogP contribution in [-0.4, -0.2) is 31.3 Å². The lowest BCUT2D eigenvalue weighted by atomic mass is 10.00. The SMILES string of the molecule is COc1ccc(CNN2C(C)CCCC2C)c(OC)c1. The molecule has 1 N–H and O–H groups in total. The van der Waals surface area contributed by atoms with E-state index in [0.717, 1.165) is 23.6 Å². The predicted octanol–water partition coefficient (Wildman–Crippen LogP) is 2.97. The molecule has 0 amide bonds. The molecule has 0 bridgehead atoms. The Morgan fingerprint density at radius 2 is 1.85 bits per heavy atom. The molecule has 2 rings (SSSR count). The molecule has 1 aliphatic heterocycles. The standard InChI is InChI=1S/C16H26N2O2/c1-12-6-5-7-13(2)18(12)17-11-14-8-9-15(19-3)10-16(14)20-4/h8-10,12-13,17H,5-7,11H2,1-4H3. The van der Waals surface area contributed by atoms with Crippen molar-refractivity contribution in [1.82, 2.24) is 10.4 Å². The van der Waals surface area contributed by atoms with Gasteiger partial charge in [0.1, 0.15) is 11.5 Å². The Hall–Kier alpha value is -1.26. The van der Waals surface area contributed by atoms with Gasteiger partial charge in [-0.05, 0) is 32.8 Å². The summed E-state index contributed by atoms with van der Waals surface area (Å²) >= 11 is 0. The normalized spacial score (nSPS) is 23.6. The van der Waals surface area contributed by atoms with Crippen molar-refractivity contribution < 1.29 is 9.47 Å². The molecule has 4 nitrogen and oxygen atoms in total. The second kappa shape index (κ2) is 6.95. The van der Waals surface area contributed by atoms with E-state index in [1.807, 2.05) is 12.1 Å². The highest BCUT2D eigenvalue weighted by atomic mass is 16.5. The number of hydrogen-bond acceptors (Lipinski definition) is 4. The van der Waals surface area contributed by atoms with Gasteiger partial charge in [-0.2, -0.15) is 0 Å². The largest absolute Gasteiger partial charge is 0.497 e. The van der Waals surface area contributed by atoms with Gasteiger partial charge in [-0.3, -0.25) is 5.43 Å². The molecule has 1 fully saturated rings. The van der Waals surface area contributed by atoms with Crippen molar-refractivity contribution in [2.75, 3.05) is 14.2 Å². The molecule has 0 aromatic heterocycles. The highest BCUT2D eigenvalue weighted by Crippen LogP contribution is 2.25. The van der Waals surface area contributed by atoms with Crippen molar-refractivity contribution in [3.8, 4) is 11.5 Å². The maximum atomic E-state index is 5.44. The van der Waals surface area contributed by atoms with E-state index in [4.69, 9.17) is 9.47 Å². The zero-order valence-electron chi connectivity index (χ0n) is 13.0. The van der Waals surface area contributed by atoms with E-state index >= 15 is 0 Å². The van der Waals surface area contributed by atoms with E-state index in [1.165, 1.54) is 19.3 Å². The molecule has 1 aromatic rings. The van der Waals surface area contributed by atoms with Gasteiger partial charge in [0.05, 0.1) is 14.2 Å². The first-order valence-corrected chi connectivity index (χ1v) is 7.38. The zero-order chi connectivity index (χ0) is 14.5. The number of hydrogen-bond donors (Lipinski definition) is 1. The Morgan fingerprint density at radius 3 is 2.45 bits per heavy atom. The number of rotatable bonds is 5. The van der Waals surface area contributed by atoms with E-state index in [9.17, 15) is 0 Å². The van der Waals surface area contributed by atoms with E-state index in [2.05, 4.69) is 30.3 Å². The minimum absolute atomic E-state index is 0.586.